The molecule has 2 heterocycles. The smallest absolute Gasteiger partial charge is 0.230 e. The molecular formula is C9H15N5. The highest BCUT2D eigenvalue weighted by atomic mass is 15.3. The quantitative estimate of drug-likeness (QED) is 0.753. The monoisotopic (exact) mass is 193 g/mol. The summed E-state index contributed by atoms with van der Waals surface area (Å²) in [7, 11) is 1.82. The van der Waals surface area contributed by atoms with E-state index in [1.807, 2.05) is 14.0 Å². The molecule has 1 N–H and O–H groups in total. The van der Waals surface area contributed by atoms with Crippen LogP contribution in [0.15, 0.2) is 0 Å². The first-order valence-corrected chi connectivity index (χ1v) is 4.95. The Balaban J connectivity index is 2.27. The molecule has 14 heavy (non-hydrogen) atoms. The van der Waals surface area contributed by atoms with Crippen molar-refractivity contribution in [2.45, 2.75) is 19.8 Å². The molecule has 0 amide bonds. The second kappa shape index (κ2) is 3.77. The van der Waals surface area contributed by atoms with E-state index < -0.39 is 0 Å². The molecule has 0 radical (unpaired) electrons. The Morgan fingerprint density at radius 2 is 1.86 bits per heavy atom. The van der Waals surface area contributed by atoms with Gasteiger partial charge < -0.3 is 10.2 Å². The maximum atomic E-state index is 4.33. The Labute approximate surface area is 83.6 Å². The number of nitrogens with one attached hydrogen (secondary N) is 1. The van der Waals surface area contributed by atoms with Crippen LogP contribution in [-0.2, 0) is 0 Å². The molecule has 0 unspecified atom stereocenters. The molecule has 1 aromatic rings. The fourth-order valence-electron chi connectivity index (χ4n) is 1.64. The van der Waals surface area contributed by atoms with Gasteiger partial charge >= 0.3 is 0 Å². The van der Waals surface area contributed by atoms with Crippen molar-refractivity contribution in [2.75, 3.05) is 30.4 Å². The van der Waals surface area contributed by atoms with E-state index in [4.69, 9.17) is 0 Å². The van der Waals surface area contributed by atoms with Crippen LogP contribution < -0.4 is 10.2 Å². The van der Waals surface area contributed by atoms with E-state index in [2.05, 4.69) is 25.2 Å². The predicted octanol–water partition coefficient (Wildman–Crippen LogP) is 0.822. The van der Waals surface area contributed by atoms with Crippen LogP contribution in [0.3, 0.4) is 0 Å². The van der Waals surface area contributed by atoms with Crippen LogP contribution >= 0.6 is 0 Å². The second-order valence-electron chi connectivity index (χ2n) is 3.45. The van der Waals surface area contributed by atoms with Crippen LogP contribution in [0, 0.1) is 6.92 Å². The number of anilines is 2. The molecule has 5 heteroatoms. The van der Waals surface area contributed by atoms with Gasteiger partial charge in [0.2, 0.25) is 11.9 Å². The van der Waals surface area contributed by atoms with Crippen LogP contribution in [0.1, 0.15) is 18.7 Å². The van der Waals surface area contributed by atoms with Crippen molar-refractivity contribution in [2.24, 2.45) is 0 Å². The van der Waals surface area contributed by atoms with E-state index in [1.165, 1.54) is 12.8 Å². The highest BCUT2D eigenvalue weighted by Crippen LogP contribution is 2.16. The van der Waals surface area contributed by atoms with Crippen LogP contribution in [0.4, 0.5) is 11.9 Å². The number of hydrogen-bond donors (Lipinski definition) is 1. The van der Waals surface area contributed by atoms with Crippen molar-refractivity contribution < 1.29 is 0 Å². The van der Waals surface area contributed by atoms with Crippen LogP contribution in [-0.4, -0.2) is 35.1 Å². The number of rotatable bonds is 2. The molecule has 1 fully saturated rings. The van der Waals surface area contributed by atoms with Gasteiger partial charge in [-0.2, -0.15) is 15.0 Å². The maximum absolute atomic E-state index is 4.33. The standard InChI is InChI=1S/C9H15N5/c1-7-11-8(10-2)13-9(12-7)14-5-3-4-6-14/h3-6H2,1-2H3,(H,10,11,12,13). The van der Waals surface area contributed by atoms with Crippen molar-refractivity contribution in [3.8, 4) is 0 Å². The number of aromatic nitrogens is 3. The van der Waals surface area contributed by atoms with Crippen molar-refractivity contribution in [1.82, 2.24) is 15.0 Å². The summed E-state index contributed by atoms with van der Waals surface area (Å²) >= 11 is 0. The van der Waals surface area contributed by atoms with Crippen molar-refractivity contribution in [3.63, 3.8) is 0 Å². The zero-order chi connectivity index (χ0) is 9.97. The zero-order valence-corrected chi connectivity index (χ0v) is 8.62. The Morgan fingerprint density at radius 1 is 1.14 bits per heavy atom. The molecule has 1 aromatic heterocycles. The van der Waals surface area contributed by atoms with E-state index in [1.54, 1.807) is 0 Å². The van der Waals surface area contributed by atoms with Gasteiger partial charge in [-0.15, -0.1) is 0 Å². The fourth-order valence-corrected chi connectivity index (χ4v) is 1.64. The minimum atomic E-state index is 0.652. The second-order valence-corrected chi connectivity index (χ2v) is 3.45. The lowest BCUT2D eigenvalue weighted by atomic mass is 10.4. The molecule has 2 rings (SSSR count). The predicted molar refractivity (Wildman–Crippen MR) is 55.6 cm³/mol. The summed E-state index contributed by atoms with van der Waals surface area (Å²) in [5.41, 5.74) is 0. The first-order chi connectivity index (χ1) is 6.79. The van der Waals surface area contributed by atoms with Gasteiger partial charge in [0.05, 0.1) is 0 Å². The van der Waals surface area contributed by atoms with E-state index in [0.29, 0.717) is 5.95 Å². The van der Waals surface area contributed by atoms with Crippen molar-refractivity contribution in [1.29, 1.82) is 0 Å². The third kappa shape index (κ3) is 1.76. The molecule has 0 spiro atoms. The van der Waals surface area contributed by atoms with E-state index >= 15 is 0 Å². The summed E-state index contributed by atoms with van der Waals surface area (Å²) in [6, 6.07) is 0. The first-order valence-electron chi connectivity index (χ1n) is 4.95. The van der Waals surface area contributed by atoms with Gasteiger partial charge in [-0.3, -0.25) is 0 Å². The number of nitrogens with zero attached hydrogens (tertiary/aromatic N) is 4. The molecule has 0 bridgehead atoms. The summed E-state index contributed by atoms with van der Waals surface area (Å²) in [4.78, 5) is 15.0. The van der Waals surface area contributed by atoms with Gasteiger partial charge in [0, 0.05) is 20.1 Å². The largest absolute Gasteiger partial charge is 0.357 e. The molecule has 0 atom stereocenters. The average molecular weight is 193 g/mol. The molecule has 5 nitrogen and oxygen atoms in total. The van der Waals surface area contributed by atoms with Crippen molar-refractivity contribution in [3.05, 3.63) is 5.82 Å². The Hall–Kier alpha value is -1.39. The van der Waals surface area contributed by atoms with E-state index in [9.17, 15) is 0 Å². The van der Waals surface area contributed by atoms with Gasteiger partial charge in [0.1, 0.15) is 5.82 Å². The summed E-state index contributed by atoms with van der Waals surface area (Å²) in [5, 5.41) is 2.94. The fraction of sp³-hybridized carbons (Fsp3) is 0.667. The summed E-state index contributed by atoms with van der Waals surface area (Å²) in [6.07, 6.45) is 2.47. The molecule has 0 aromatic carbocycles. The molecule has 1 aliphatic rings. The van der Waals surface area contributed by atoms with E-state index in [-0.39, 0.29) is 0 Å². The Bertz CT molecular complexity index is 319. The maximum Gasteiger partial charge on any atom is 0.230 e. The van der Waals surface area contributed by atoms with Crippen LogP contribution in [0.5, 0.6) is 0 Å². The Morgan fingerprint density at radius 3 is 2.50 bits per heavy atom. The van der Waals surface area contributed by atoms with Crippen LogP contribution in [0.25, 0.3) is 0 Å². The molecular weight excluding hydrogens is 178 g/mol. The van der Waals surface area contributed by atoms with Gasteiger partial charge in [0.15, 0.2) is 0 Å². The third-order valence-electron chi connectivity index (χ3n) is 2.35. The molecule has 1 aliphatic heterocycles. The minimum absolute atomic E-state index is 0.652. The lowest BCUT2D eigenvalue weighted by molar-refractivity contribution is 0.862. The Kier molecular flexibility index (Phi) is 2.47. The molecule has 0 aliphatic carbocycles. The molecule has 1 saturated heterocycles. The number of hydrogen-bond acceptors (Lipinski definition) is 5. The van der Waals surface area contributed by atoms with Gasteiger partial charge in [0.25, 0.3) is 0 Å². The minimum Gasteiger partial charge on any atom is -0.357 e. The van der Waals surface area contributed by atoms with Gasteiger partial charge in [-0.25, -0.2) is 0 Å². The highest BCUT2D eigenvalue weighted by molar-refractivity contribution is 5.37. The summed E-state index contributed by atoms with van der Waals surface area (Å²) in [6.45, 7) is 4.02. The SMILES string of the molecule is CNc1nc(C)nc(N2CCCC2)n1. The van der Waals surface area contributed by atoms with Crippen LogP contribution in [0.2, 0.25) is 0 Å². The molecule has 76 valence electrons. The first kappa shape index (κ1) is 9.18. The lowest BCUT2D eigenvalue weighted by Gasteiger charge is -2.15. The third-order valence-corrected chi connectivity index (χ3v) is 2.35. The van der Waals surface area contributed by atoms with E-state index in [0.717, 1.165) is 24.9 Å². The summed E-state index contributed by atoms with van der Waals surface area (Å²) in [5.74, 6) is 2.23. The average Bonchev–Trinajstić information content (AvgIpc) is 2.69. The van der Waals surface area contributed by atoms with Gasteiger partial charge in [-0.05, 0) is 19.8 Å². The normalized spacial score (nSPS) is 16.0. The lowest BCUT2D eigenvalue weighted by Crippen LogP contribution is -2.21. The summed E-state index contributed by atoms with van der Waals surface area (Å²) < 4.78 is 0. The topological polar surface area (TPSA) is 53.9 Å². The van der Waals surface area contributed by atoms with Crippen molar-refractivity contribution >= 4 is 11.9 Å². The number of aryl methyl sites for hydroxylation is 1. The zero-order valence-electron chi connectivity index (χ0n) is 8.62. The van der Waals surface area contributed by atoms with Gasteiger partial charge in [-0.1, -0.05) is 0 Å². The highest BCUT2D eigenvalue weighted by Gasteiger charge is 2.15. The molecule has 0 saturated carbocycles.